The molecule has 0 saturated heterocycles. The number of methoxy groups -OCH3 is 1. The number of fused-ring (bicyclic) bond motifs is 5. The first kappa shape index (κ1) is 19.8. The van der Waals surface area contributed by atoms with E-state index in [2.05, 4.69) is 20.8 Å². The zero-order valence-corrected chi connectivity index (χ0v) is 18.3. The van der Waals surface area contributed by atoms with Crippen molar-refractivity contribution in [1.82, 2.24) is 0 Å². The Morgan fingerprint density at radius 3 is 2.52 bits per heavy atom. The first-order valence-electron chi connectivity index (χ1n) is 12.0. The molecule has 4 fully saturated rings. The zero-order chi connectivity index (χ0) is 19.2. The van der Waals surface area contributed by atoms with Crippen LogP contribution in [0.25, 0.3) is 0 Å². The van der Waals surface area contributed by atoms with E-state index < -0.39 is 0 Å². The molecule has 0 amide bonds. The second-order valence-electron chi connectivity index (χ2n) is 11.2. The van der Waals surface area contributed by atoms with Gasteiger partial charge in [-0.05, 0) is 104 Å². The largest absolute Gasteiger partial charge is 0.469 e. The highest BCUT2D eigenvalue weighted by Gasteiger charge is 2.60. The number of rotatable bonds is 4. The maximum Gasteiger partial charge on any atom is 0.305 e. The molecule has 27 heavy (non-hydrogen) atoms. The molecule has 8 atom stereocenters. The molecule has 2 heteroatoms. The lowest BCUT2D eigenvalue weighted by molar-refractivity contribution is -0.141. The highest BCUT2D eigenvalue weighted by atomic mass is 16.5. The lowest BCUT2D eigenvalue weighted by atomic mass is 9.44. The van der Waals surface area contributed by atoms with Gasteiger partial charge in [0.25, 0.3) is 0 Å². The summed E-state index contributed by atoms with van der Waals surface area (Å²) in [4.78, 5) is 11.6. The van der Waals surface area contributed by atoms with Crippen LogP contribution in [0.1, 0.15) is 97.8 Å². The smallest absolute Gasteiger partial charge is 0.305 e. The third-order valence-electron chi connectivity index (χ3n) is 10.4. The summed E-state index contributed by atoms with van der Waals surface area (Å²) in [7, 11) is 1.52. The summed E-state index contributed by atoms with van der Waals surface area (Å²) in [5.74, 6) is 5.38. The number of esters is 1. The molecule has 0 bridgehead atoms. The van der Waals surface area contributed by atoms with Crippen molar-refractivity contribution in [2.75, 3.05) is 7.11 Å². The van der Waals surface area contributed by atoms with Crippen LogP contribution >= 0.6 is 0 Å². The number of ether oxygens (including phenoxy) is 1. The van der Waals surface area contributed by atoms with Gasteiger partial charge in [0.15, 0.2) is 0 Å². The Balaban J connectivity index is 1.49. The predicted octanol–water partition coefficient (Wildman–Crippen LogP) is 6.62. The summed E-state index contributed by atoms with van der Waals surface area (Å²) in [6.07, 6.45) is 16.4. The molecule has 4 aliphatic rings. The van der Waals surface area contributed by atoms with Gasteiger partial charge in [0, 0.05) is 6.42 Å². The van der Waals surface area contributed by atoms with Crippen molar-refractivity contribution in [3.63, 3.8) is 0 Å². The van der Waals surface area contributed by atoms with Gasteiger partial charge in [-0.25, -0.2) is 0 Å². The quantitative estimate of drug-likeness (QED) is 0.517. The third-order valence-corrected chi connectivity index (χ3v) is 10.4. The van der Waals surface area contributed by atoms with E-state index in [1.165, 1.54) is 71.3 Å². The van der Waals surface area contributed by atoms with Gasteiger partial charge in [-0.1, -0.05) is 33.6 Å². The Bertz CT molecular complexity index is 557. The Kier molecular flexibility index (Phi) is 5.40. The third kappa shape index (κ3) is 3.18. The second kappa shape index (κ2) is 7.38. The van der Waals surface area contributed by atoms with Crippen molar-refractivity contribution in [2.24, 2.45) is 46.3 Å². The number of carbonyl (C=O) groups excluding carboxylic acids is 1. The lowest BCUT2D eigenvalue weighted by Gasteiger charge is -2.61. The second-order valence-corrected chi connectivity index (χ2v) is 11.2. The van der Waals surface area contributed by atoms with Crippen LogP contribution in [0.2, 0.25) is 0 Å². The Morgan fingerprint density at radius 1 is 0.963 bits per heavy atom. The van der Waals surface area contributed by atoms with Gasteiger partial charge >= 0.3 is 5.97 Å². The van der Waals surface area contributed by atoms with Crippen LogP contribution in [0.5, 0.6) is 0 Å². The summed E-state index contributed by atoms with van der Waals surface area (Å²) in [6, 6.07) is 0. The van der Waals surface area contributed by atoms with E-state index in [0.717, 1.165) is 36.0 Å². The average Bonchev–Trinajstić information content (AvgIpc) is 3.02. The Morgan fingerprint density at radius 2 is 1.74 bits per heavy atom. The topological polar surface area (TPSA) is 26.3 Å². The molecule has 4 rings (SSSR count). The molecule has 0 aliphatic heterocycles. The predicted molar refractivity (Wildman–Crippen MR) is 110 cm³/mol. The minimum Gasteiger partial charge on any atom is -0.469 e. The van der Waals surface area contributed by atoms with E-state index in [1.807, 2.05) is 0 Å². The molecule has 0 N–H and O–H groups in total. The molecule has 4 saturated carbocycles. The van der Waals surface area contributed by atoms with Gasteiger partial charge in [0.1, 0.15) is 0 Å². The molecule has 4 unspecified atom stereocenters. The van der Waals surface area contributed by atoms with Crippen molar-refractivity contribution in [3.8, 4) is 0 Å². The van der Waals surface area contributed by atoms with Gasteiger partial charge in [0.05, 0.1) is 7.11 Å². The minimum absolute atomic E-state index is 0.0335. The van der Waals surface area contributed by atoms with Crippen LogP contribution in [0.3, 0.4) is 0 Å². The van der Waals surface area contributed by atoms with Gasteiger partial charge in [0.2, 0.25) is 0 Å². The number of carbonyl (C=O) groups is 1. The summed E-state index contributed by atoms with van der Waals surface area (Å²) in [5.41, 5.74) is 1.17. The van der Waals surface area contributed by atoms with Crippen LogP contribution in [0.15, 0.2) is 0 Å². The van der Waals surface area contributed by atoms with Crippen molar-refractivity contribution >= 4 is 5.97 Å². The molecule has 4 aliphatic carbocycles. The van der Waals surface area contributed by atoms with E-state index in [9.17, 15) is 4.79 Å². The van der Waals surface area contributed by atoms with Gasteiger partial charge < -0.3 is 4.74 Å². The molecule has 0 aromatic carbocycles. The molecular formula is C25H42O2. The Hall–Kier alpha value is -0.530. The SMILES string of the molecule is COC(=O)CC[C@@H](C)[C@H]1CCC2[C@@H]3CCC4CCCCC4(C)C3CC[C@@]21C. The van der Waals surface area contributed by atoms with E-state index in [0.29, 0.717) is 23.2 Å². The molecule has 0 spiro atoms. The van der Waals surface area contributed by atoms with Gasteiger partial charge in [-0.15, -0.1) is 0 Å². The normalized spacial score (nSPS) is 47.5. The van der Waals surface area contributed by atoms with Crippen molar-refractivity contribution in [2.45, 2.75) is 97.8 Å². The summed E-state index contributed by atoms with van der Waals surface area (Å²) in [5, 5.41) is 0. The van der Waals surface area contributed by atoms with E-state index in [1.54, 1.807) is 0 Å². The van der Waals surface area contributed by atoms with Gasteiger partial charge in [-0.2, -0.15) is 0 Å². The fourth-order valence-electron chi connectivity index (χ4n) is 8.92. The molecule has 0 heterocycles. The first-order valence-corrected chi connectivity index (χ1v) is 12.0. The fourth-order valence-corrected chi connectivity index (χ4v) is 8.92. The zero-order valence-electron chi connectivity index (χ0n) is 18.3. The van der Waals surface area contributed by atoms with Crippen molar-refractivity contribution < 1.29 is 9.53 Å². The maximum atomic E-state index is 11.6. The van der Waals surface area contributed by atoms with Crippen LogP contribution in [0.4, 0.5) is 0 Å². The molecular weight excluding hydrogens is 332 g/mol. The van der Waals surface area contributed by atoms with Crippen LogP contribution in [-0.4, -0.2) is 13.1 Å². The van der Waals surface area contributed by atoms with Crippen molar-refractivity contribution in [3.05, 3.63) is 0 Å². The van der Waals surface area contributed by atoms with Crippen LogP contribution < -0.4 is 0 Å². The highest BCUT2D eigenvalue weighted by molar-refractivity contribution is 5.69. The van der Waals surface area contributed by atoms with Crippen LogP contribution in [0, 0.1) is 46.3 Å². The average molecular weight is 375 g/mol. The van der Waals surface area contributed by atoms with Crippen molar-refractivity contribution in [1.29, 1.82) is 0 Å². The monoisotopic (exact) mass is 374 g/mol. The number of hydrogen-bond acceptors (Lipinski definition) is 2. The first-order chi connectivity index (χ1) is 12.9. The highest BCUT2D eigenvalue weighted by Crippen LogP contribution is 2.68. The number of hydrogen-bond donors (Lipinski definition) is 0. The molecule has 0 aromatic rings. The Labute approximate surface area is 167 Å². The molecule has 0 aromatic heterocycles. The van der Waals surface area contributed by atoms with E-state index in [4.69, 9.17) is 4.74 Å². The minimum atomic E-state index is -0.0335. The molecule has 2 nitrogen and oxygen atoms in total. The van der Waals surface area contributed by atoms with Crippen LogP contribution in [-0.2, 0) is 9.53 Å². The summed E-state index contributed by atoms with van der Waals surface area (Å²) >= 11 is 0. The fraction of sp³-hybridized carbons (Fsp3) is 0.960. The lowest BCUT2D eigenvalue weighted by Crippen LogP contribution is -2.53. The van der Waals surface area contributed by atoms with Gasteiger partial charge in [-0.3, -0.25) is 4.79 Å². The summed E-state index contributed by atoms with van der Waals surface area (Å²) < 4.78 is 4.89. The summed E-state index contributed by atoms with van der Waals surface area (Å²) in [6.45, 7) is 7.73. The maximum absolute atomic E-state index is 11.6. The molecule has 154 valence electrons. The van der Waals surface area contributed by atoms with E-state index in [-0.39, 0.29) is 5.97 Å². The van der Waals surface area contributed by atoms with E-state index >= 15 is 0 Å². The standard InChI is InChI=1S/C25H42O2/c1-17(8-13-23(26)27-4)20-11-12-21-19-10-9-18-7-5-6-15-24(18,2)22(19)14-16-25(20,21)3/h17-22H,5-16H2,1-4H3/t17-,18?,19+,20-,21?,22?,24?,25-/m1/s1. The molecule has 0 radical (unpaired) electrons.